The Morgan fingerprint density at radius 1 is 1.06 bits per heavy atom. The summed E-state index contributed by atoms with van der Waals surface area (Å²) in [6.07, 6.45) is 3.05. The number of hydrogen-bond donors (Lipinski definition) is 1. The average Bonchev–Trinajstić information content (AvgIpc) is 3.33. The first-order valence-corrected chi connectivity index (χ1v) is 11.8. The van der Waals surface area contributed by atoms with Crippen LogP contribution < -0.4 is 4.90 Å². The summed E-state index contributed by atoms with van der Waals surface area (Å²) >= 11 is 4.79. The predicted molar refractivity (Wildman–Crippen MR) is 132 cm³/mol. The molecule has 1 aliphatic rings. The molecule has 0 spiro atoms. The molecule has 0 unspecified atom stereocenters. The van der Waals surface area contributed by atoms with Gasteiger partial charge in [0.2, 0.25) is 0 Å². The fourth-order valence-corrected chi connectivity index (χ4v) is 5.55. The molecule has 1 N–H and O–H groups in total. The first-order chi connectivity index (χ1) is 15.8. The molecule has 164 valence electrons. The summed E-state index contributed by atoms with van der Waals surface area (Å²) in [6.45, 7) is 3.98. The summed E-state index contributed by atoms with van der Waals surface area (Å²) in [7, 11) is 0. The van der Waals surface area contributed by atoms with Crippen LogP contribution >= 0.6 is 27.3 Å². The zero-order chi connectivity index (χ0) is 23.3. The molecule has 2 aromatic carbocycles. The molecule has 1 aliphatic heterocycles. The molecule has 5 rings (SSSR count). The van der Waals surface area contributed by atoms with Gasteiger partial charge in [-0.05, 0) is 60.9 Å². The normalized spacial score (nSPS) is 17.8. The van der Waals surface area contributed by atoms with E-state index in [2.05, 4.69) is 20.9 Å². The Morgan fingerprint density at radius 3 is 2.45 bits per heavy atom. The summed E-state index contributed by atoms with van der Waals surface area (Å²) in [5.74, 6) is -1.70. The Kier molecular flexibility index (Phi) is 5.34. The summed E-state index contributed by atoms with van der Waals surface area (Å²) < 4.78 is 1.80. The van der Waals surface area contributed by atoms with Gasteiger partial charge in [-0.3, -0.25) is 19.5 Å². The van der Waals surface area contributed by atoms with Crippen LogP contribution in [0.4, 0.5) is 5.13 Å². The van der Waals surface area contributed by atoms with Crippen LogP contribution in [0, 0.1) is 13.8 Å². The van der Waals surface area contributed by atoms with E-state index in [-0.39, 0.29) is 11.3 Å². The van der Waals surface area contributed by atoms with E-state index in [0.717, 1.165) is 25.8 Å². The molecule has 6 nitrogen and oxygen atoms in total. The fourth-order valence-electron chi connectivity index (χ4n) is 4.12. The van der Waals surface area contributed by atoms with E-state index in [9.17, 15) is 14.7 Å². The molecular weight excluding hydrogens is 502 g/mol. The number of ketones is 1. The lowest BCUT2D eigenvalue weighted by molar-refractivity contribution is -0.132. The number of aromatic nitrogens is 2. The van der Waals surface area contributed by atoms with Crippen molar-refractivity contribution in [3.8, 4) is 0 Å². The summed E-state index contributed by atoms with van der Waals surface area (Å²) in [5.41, 5.74) is 4.04. The van der Waals surface area contributed by atoms with Crippen LogP contribution in [0.25, 0.3) is 16.0 Å². The van der Waals surface area contributed by atoms with Crippen molar-refractivity contribution < 1.29 is 14.7 Å². The van der Waals surface area contributed by atoms with E-state index < -0.39 is 17.7 Å². The Labute approximate surface area is 202 Å². The van der Waals surface area contributed by atoms with E-state index in [1.807, 2.05) is 50.2 Å². The van der Waals surface area contributed by atoms with Gasteiger partial charge in [0.15, 0.2) is 5.13 Å². The van der Waals surface area contributed by atoms with E-state index in [0.29, 0.717) is 16.3 Å². The molecule has 1 amide bonds. The monoisotopic (exact) mass is 519 g/mol. The Balaban J connectivity index is 1.75. The number of thiazole rings is 1. The minimum absolute atomic E-state index is 0.0284. The molecule has 1 fully saturated rings. The Morgan fingerprint density at radius 2 is 1.76 bits per heavy atom. The molecule has 0 radical (unpaired) electrons. The zero-order valence-electron chi connectivity index (χ0n) is 17.7. The number of hydrogen-bond acceptors (Lipinski definition) is 6. The third-order valence-corrected chi connectivity index (χ3v) is 7.14. The Bertz CT molecular complexity index is 1450. The lowest BCUT2D eigenvalue weighted by Crippen LogP contribution is -2.29. The molecule has 0 saturated carbocycles. The third-order valence-electron chi connectivity index (χ3n) is 5.61. The number of rotatable bonds is 3. The Hall–Kier alpha value is -3.36. The van der Waals surface area contributed by atoms with Crippen LogP contribution in [0.15, 0.2) is 71.0 Å². The van der Waals surface area contributed by atoms with Crippen molar-refractivity contribution in [1.29, 1.82) is 0 Å². The van der Waals surface area contributed by atoms with Gasteiger partial charge in [0, 0.05) is 22.4 Å². The number of aliphatic hydroxyl groups excluding tert-OH is 1. The van der Waals surface area contributed by atoms with Crippen molar-refractivity contribution in [2.24, 2.45) is 0 Å². The van der Waals surface area contributed by atoms with Crippen molar-refractivity contribution in [3.05, 3.63) is 93.2 Å². The molecule has 1 atom stereocenters. The van der Waals surface area contributed by atoms with Crippen LogP contribution in [0.2, 0.25) is 0 Å². The highest BCUT2D eigenvalue weighted by Gasteiger charge is 2.48. The third kappa shape index (κ3) is 3.65. The minimum atomic E-state index is -0.812. The number of aliphatic hydroxyl groups is 1. The van der Waals surface area contributed by atoms with E-state index in [1.54, 1.807) is 12.1 Å². The van der Waals surface area contributed by atoms with Crippen molar-refractivity contribution in [2.75, 3.05) is 4.90 Å². The van der Waals surface area contributed by atoms with Crippen LogP contribution in [-0.4, -0.2) is 26.8 Å². The average molecular weight is 520 g/mol. The van der Waals surface area contributed by atoms with Gasteiger partial charge < -0.3 is 5.11 Å². The van der Waals surface area contributed by atoms with Gasteiger partial charge in [0.1, 0.15) is 5.76 Å². The maximum absolute atomic E-state index is 13.3. The van der Waals surface area contributed by atoms with E-state index in [4.69, 9.17) is 4.98 Å². The fraction of sp³-hybridized carbons (Fsp3) is 0.120. The molecule has 4 aromatic rings. The van der Waals surface area contributed by atoms with Gasteiger partial charge in [-0.2, -0.15) is 0 Å². The quantitative estimate of drug-likeness (QED) is 0.213. The van der Waals surface area contributed by atoms with Gasteiger partial charge in [-0.25, -0.2) is 4.98 Å². The van der Waals surface area contributed by atoms with E-state index in [1.165, 1.54) is 28.6 Å². The highest BCUT2D eigenvalue weighted by molar-refractivity contribution is 9.10. The maximum Gasteiger partial charge on any atom is 0.301 e. The number of pyridine rings is 1. The number of carbonyl (C=O) groups is 2. The standard InChI is InChI=1S/C25H18BrN3O3S/c1-13-11-14(2)20-18(12-13)33-25(28-20)29-21(15-3-5-17(26)6-4-15)19(23(31)24(29)32)22(30)16-7-9-27-10-8-16/h3-12,21,30H,1-2H3/t21-/m1/s1. The number of anilines is 1. The number of aryl methyl sites for hydroxylation is 2. The highest BCUT2D eigenvalue weighted by atomic mass is 79.9. The molecule has 3 heterocycles. The lowest BCUT2D eigenvalue weighted by atomic mass is 9.96. The number of amides is 1. The summed E-state index contributed by atoms with van der Waals surface area (Å²) in [4.78, 5) is 36.6. The second-order valence-corrected chi connectivity index (χ2v) is 9.81. The second-order valence-electron chi connectivity index (χ2n) is 7.88. The molecule has 8 heteroatoms. The van der Waals surface area contributed by atoms with Gasteiger partial charge in [0.25, 0.3) is 5.78 Å². The number of nitrogens with zero attached hydrogens (tertiary/aromatic N) is 3. The van der Waals surface area contributed by atoms with Gasteiger partial charge in [-0.15, -0.1) is 0 Å². The smallest absolute Gasteiger partial charge is 0.301 e. The van der Waals surface area contributed by atoms with E-state index >= 15 is 0 Å². The maximum atomic E-state index is 13.3. The SMILES string of the molecule is Cc1cc(C)c2nc(N3C(=O)C(=O)C(=C(O)c4ccncc4)[C@H]3c3ccc(Br)cc3)sc2c1. The topological polar surface area (TPSA) is 83.4 Å². The molecular formula is C25H18BrN3O3S. The van der Waals surface area contributed by atoms with Crippen molar-refractivity contribution >= 4 is 60.1 Å². The van der Waals surface area contributed by atoms with Crippen molar-refractivity contribution in [1.82, 2.24) is 9.97 Å². The summed E-state index contributed by atoms with van der Waals surface area (Å²) in [5, 5.41) is 11.5. The predicted octanol–water partition coefficient (Wildman–Crippen LogP) is 5.70. The number of benzene rings is 2. The number of carbonyl (C=O) groups excluding carboxylic acids is 2. The van der Waals surface area contributed by atoms with Crippen LogP contribution in [-0.2, 0) is 9.59 Å². The highest BCUT2D eigenvalue weighted by Crippen LogP contribution is 2.44. The van der Waals surface area contributed by atoms with Gasteiger partial charge in [-0.1, -0.05) is 45.5 Å². The second kappa shape index (κ2) is 8.20. The molecule has 1 saturated heterocycles. The van der Waals surface area contributed by atoms with Gasteiger partial charge >= 0.3 is 5.91 Å². The summed E-state index contributed by atoms with van der Waals surface area (Å²) in [6, 6.07) is 13.8. The molecule has 2 aromatic heterocycles. The lowest BCUT2D eigenvalue weighted by Gasteiger charge is -2.23. The first-order valence-electron chi connectivity index (χ1n) is 10.2. The van der Waals surface area contributed by atoms with Crippen molar-refractivity contribution in [2.45, 2.75) is 19.9 Å². The van der Waals surface area contributed by atoms with Crippen LogP contribution in [0.3, 0.4) is 0 Å². The molecule has 33 heavy (non-hydrogen) atoms. The largest absolute Gasteiger partial charge is 0.507 e. The number of halogens is 1. The van der Waals surface area contributed by atoms with Crippen LogP contribution in [0.5, 0.6) is 0 Å². The first kappa shape index (κ1) is 21.5. The minimum Gasteiger partial charge on any atom is -0.507 e. The number of fused-ring (bicyclic) bond motifs is 1. The van der Waals surface area contributed by atoms with Crippen LogP contribution in [0.1, 0.15) is 28.3 Å². The zero-order valence-corrected chi connectivity index (χ0v) is 20.1. The van der Waals surface area contributed by atoms with Gasteiger partial charge in [0.05, 0.1) is 21.8 Å². The number of Topliss-reactive ketones (excluding diaryl/α,β-unsaturated/α-hetero) is 1. The molecule has 0 aliphatic carbocycles. The molecule has 0 bridgehead atoms. The van der Waals surface area contributed by atoms with Crippen molar-refractivity contribution in [3.63, 3.8) is 0 Å².